The minimum Gasteiger partial charge on any atom is -0.507 e. The number of aromatic hydroxyl groups is 2. The molecule has 3 N–H and O–H groups in total. The standard InChI is InChI=1S/C27H34N2O7/c1-11-12(2)25(35-6)19-14(22(11)31)8-16-21-20-15(24(34-5)13(3)26(36-7)23(20)32)9-17(28(21)4)27(33)29(16)18(19)10-30/h16-18,21,30-32H,8-10H2,1-7H3/t16-,17+,18-,21-/m0/s1. The first-order valence-electron chi connectivity index (χ1n) is 12.1. The summed E-state index contributed by atoms with van der Waals surface area (Å²) in [7, 11) is 6.54. The SMILES string of the molecule is COc1c(C)c(OC)c2c(c1O)[C@@H]1[C@@H]3Cc4c(O)c(C)c(C)c(OC)c4[C@H](CO)N3C(=O)[C@@H](C2)N1C. The van der Waals surface area contributed by atoms with Crippen LogP contribution < -0.4 is 14.2 Å². The lowest BCUT2D eigenvalue weighted by Gasteiger charge is -2.57. The summed E-state index contributed by atoms with van der Waals surface area (Å²) >= 11 is 0. The fourth-order valence-corrected chi connectivity index (χ4v) is 6.87. The number of nitrogens with zero attached hydrogens (tertiary/aromatic N) is 2. The first-order chi connectivity index (χ1) is 17.1. The van der Waals surface area contributed by atoms with E-state index >= 15 is 0 Å². The monoisotopic (exact) mass is 498 g/mol. The van der Waals surface area contributed by atoms with Gasteiger partial charge >= 0.3 is 0 Å². The van der Waals surface area contributed by atoms with E-state index in [2.05, 4.69) is 0 Å². The second-order valence-electron chi connectivity index (χ2n) is 10.0. The van der Waals surface area contributed by atoms with Gasteiger partial charge in [-0.1, -0.05) is 0 Å². The molecule has 1 saturated heterocycles. The topological polar surface area (TPSA) is 112 Å². The summed E-state index contributed by atoms with van der Waals surface area (Å²) in [4.78, 5) is 17.8. The summed E-state index contributed by atoms with van der Waals surface area (Å²) in [6.07, 6.45) is 0.687. The van der Waals surface area contributed by atoms with Gasteiger partial charge in [0.2, 0.25) is 5.91 Å². The lowest BCUT2D eigenvalue weighted by Crippen LogP contribution is -2.67. The first kappa shape index (κ1) is 24.5. The van der Waals surface area contributed by atoms with Crippen molar-refractivity contribution < 1.29 is 34.3 Å². The van der Waals surface area contributed by atoms with Crippen LogP contribution in [-0.4, -0.2) is 78.1 Å². The van der Waals surface area contributed by atoms with Crippen LogP contribution in [0.25, 0.3) is 0 Å². The number of benzene rings is 2. The molecule has 5 rings (SSSR count). The molecule has 0 aliphatic carbocycles. The van der Waals surface area contributed by atoms with Gasteiger partial charge in [0.05, 0.1) is 52.1 Å². The van der Waals surface area contributed by atoms with Gasteiger partial charge in [0, 0.05) is 34.2 Å². The molecule has 36 heavy (non-hydrogen) atoms. The smallest absolute Gasteiger partial charge is 0.241 e. The zero-order chi connectivity index (χ0) is 26.2. The van der Waals surface area contributed by atoms with Gasteiger partial charge in [-0.3, -0.25) is 9.69 Å². The highest BCUT2D eigenvalue weighted by Gasteiger charge is 2.56. The summed E-state index contributed by atoms with van der Waals surface area (Å²) in [6, 6.07) is -2.05. The van der Waals surface area contributed by atoms with Gasteiger partial charge in [-0.05, 0) is 45.4 Å². The number of hydrogen-bond donors (Lipinski definition) is 3. The summed E-state index contributed by atoms with van der Waals surface area (Å²) in [6.45, 7) is 5.21. The Hall–Kier alpha value is -3.17. The zero-order valence-corrected chi connectivity index (χ0v) is 21.8. The number of methoxy groups -OCH3 is 3. The molecule has 3 heterocycles. The maximum absolute atomic E-state index is 14.0. The van der Waals surface area contributed by atoms with Gasteiger partial charge in [-0.25, -0.2) is 0 Å². The van der Waals surface area contributed by atoms with Crippen molar-refractivity contribution >= 4 is 5.91 Å². The predicted octanol–water partition coefficient (Wildman–Crippen LogP) is 2.45. The van der Waals surface area contributed by atoms with Gasteiger partial charge < -0.3 is 34.4 Å². The third kappa shape index (κ3) is 2.93. The largest absolute Gasteiger partial charge is 0.507 e. The molecule has 0 spiro atoms. The summed E-state index contributed by atoms with van der Waals surface area (Å²) < 4.78 is 17.1. The number of phenols is 2. The second-order valence-corrected chi connectivity index (χ2v) is 10.0. The molecular weight excluding hydrogens is 464 g/mol. The van der Waals surface area contributed by atoms with Crippen LogP contribution >= 0.6 is 0 Å². The molecule has 1 fully saturated rings. The predicted molar refractivity (Wildman–Crippen MR) is 132 cm³/mol. The van der Waals surface area contributed by atoms with Crippen molar-refractivity contribution in [3.8, 4) is 28.7 Å². The van der Waals surface area contributed by atoms with Gasteiger partial charge in [0.15, 0.2) is 11.5 Å². The van der Waals surface area contributed by atoms with Crippen molar-refractivity contribution in [2.24, 2.45) is 0 Å². The minimum atomic E-state index is -0.692. The van der Waals surface area contributed by atoms with Gasteiger partial charge in [0.25, 0.3) is 0 Å². The molecule has 2 aromatic rings. The number of aliphatic hydroxyl groups is 1. The van der Waals surface area contributed by atoms with Crippen molar-refractivity contribution in [1.29, 1.82) is 0 Å². The number of ether oxygens (including phenoxy) is 3. The molecule has 2 bridgehead atoms. The number of piperazine rings is 1. The van der Waals surface area contributed by atoms with Crippen LogP contribution in [0.1, 0.15) is 51.0 Å². The molecule has 0 aromatic heterocycles. The van der Waals surface area contributed by atoms with Crippen LogP contribution in [0.5, 0.6) is 28.7 Å². The number of fused-ring (bicyclic) bond motifs is 7. The highest BCUT2D eigenvalue weighted by Crippen LogP contribution is 2.57. The lowest BCUT2D eigenvalue weighted by molar-refractivity contribution is -0.158. The summed E-state index contributed by atoms with van der Waals surface area (Å²) in [5.74, 6) is 1.60. The van der Waals surface area contributed by atoms with Gasteiger partial charge in [-0.15, -0.1) is 0 Å². The second kappa shape index (κ2) is 8.45. The average molecular weight is 499 g/mol. The summed E-state index contributed by atoms with van der Waals surface area (Å²) in [5, 5.41) is 33.3. The highest BCUT2D eigenvalue weighted by molar-refractivity contribution is 5.87. The third-order valence-corrected chi connectivity index (χ3v) is 8.62. The third-order valence-electron chi connectivity index (χ3n) is 8.62. The van der Waals surface area contributed by atoms with E-state index in [1.807, 2.05) is 32.7 Å². The van der Waals surface area contributed by atoms with Crippen molar-refractivity contribution in [1.82, 2.24) is 9.80 Å². The maximum atomic E-state index is 14.0. The molecule has 3 aliphatic rings. The van der Waals surface area contributed by atoms with Crippen molar-refractivity contribution in [3.63, 3.8) is 0 Å². The Morgan fingerprint density at radius 1 is 0.833 bits per heavy atom. The Morgan fingerprint density at radius 3 is 2.06 bits per heavy atom. The zero-order valence-electron chi connectivity index (χ0n) is 21.8. The van der Waals surface area contributed by atoms with E-state index in [1.165, 1.54) is 7.11 Å². The van der Waals surface area contributed by atoms with E-state index in [1.54, 1.807) is 19.1 Å². The normalized spacial score (nSPS) is 24.7. The summed E-state index contributed by atoms with van der Waals surface area (Å²) in [5.41, 5.74) is 4.92. The van der Waals surface area contributed by atoms with E-state index in [0.29, 0.717) is 57.9 Å². The van der Waals surface area contributed by atoms with Crippen LogP contribution in [-0.2, 0) is 17.6 Å². The molecule has 1 amide bonds. The lowest BCUT2D eigenvalue weighted by atomic mass is 9.73. The van der Waals surface area contributed by atoms with E-state index < -0.39 is 24.2 Å². The molecule has 0 unspecified atom stereocenters. The molecule has 0 saturated carbocycles. The van der Waals surface area contributed by atoms with E-state index in [-0.39, 0.29) is 24.0 Å². The Labute approximate surface area is 210 Å². The van der Waals surface area contributed by atoms with Crippen molar-refractivity contribution in [2.45, 2.75) is 57.8 Å². The molecule has 0 radical (unpaired) electrons. The molecule has 3 aliphatic heterocycles. The molecule has 2 aromatic carbocycles. The average Bonchev–Trinajstić information content (AvgIpc) is 2.86. The highest BCUT2D eigenvalue weighted by atomic mass is 16.5. The van der Waals surface area contributed by atoms with Crippen LogP contribution in [0, 0.1) is 20.8 Å². The Kier molecular flexibility index (Phi) is 5.76. The van der Waals surface area contributed by atoms with E-state index in [4.69, 9.17) is 14.2 Å². The van der Waals surface area contributed by atoms with Crippen LogP contribution in [0.4, 0.5) is 0 Å². The van der Waals surface area contributed by atoms with E-state index in [0.717, 1.165) is 11.1 Å². The number of rotatable bonds is 4. The van der Waals surface area contributed by atoms with Crippen LogP contribution in [0.3, 0.4) is 0 Å². The Balaban J connectivity index is 1.80. The van der Waals surface area contributed by atoms with Gasteiger partial charge in [0.1, 0.15) is 17.2 Å². The molecule has 4 atom stereocenters. The van der Waals surface area contributed by atoms with Gasteiger partial charge in [-0.2, -0.15) is 0 Å². The van der Waals surface area contributed by atoms with Crippen LogP contribution in [0.15, 0.2) is 0 Å². The minimum absolute atomic E-state index is 0.0311. The van der Waals surface area contributed by atoms with Crippen molar-refractivity contribution in [3.05, 3.63) is 38.9 Å². The number of phenolic OH excluding ortho intramolecular Hbond substituents is 2. The Morgan fingerprint density at radius 2 is 1.47 bits per heavy atom. The van der Waals surface area contributed by atoms with Crippen LogP contribution in [0.2, 0.25) is 0 Å². The Bertz CT molecular complexity index is 1270. The van der Waals surface area contributed by atoms with Crippen molar-refractivity contribution in [2.75, 3.05) is 35.0 Å². The molecule has 194 valence electrons. The fraction of sp³-hybridized carbons (Fsp3) is 0.519. The number of likely N-dealkylation sites (N-methyl/N-ethyl adjacent to an activating group) is 1. The molecular formula is C27H34N2O7. The number of hydrogen-bond acceptors (Lipinski definition) is 8. The fourth-order valence-electron chi connectivity index (χ4n) is 6.87. The number of carbonyl (C=O) groups excluding carboxylic acids is 1. The number of amides is 1. The maximum Gasteiger partial charge on any atom is 0.241 e. The van der Waals surface area contributed by atoms with E-state index in [9.17, 15) is 20.1 Å². The molecule has 9 heteroatoms. The number of aliphatic hydroxyl groups excluding tert-OH is 1. The molecule has 9 nitrogen and oxygen atoms in total. The first-order valence-corrected chi connectivity index (χ1v) is 12.1. The number of carbonyl (C=O) groups is 1. The quantitative estimate of drug-likeness (QED) is 0.590.